The van der Waals surface area contributed by atoms with Crippen molar-refractivity contribution in [3.8, 4) is 0 Å². The van der Waals surface area contributed by atoms with Crippen LogP contribution in [0.4, 0.5) is 0 Å². The van der Waals surface area contributed by atoms with Gasteiger partial charge in [-0.25, -0.2) is 4.79 Å². The van der Waals surface area contributed by atoms with Crippen LogP contribution < -0.4 is 20.3 Å². The zero-order valence-electron chi connectivity index (χ0n) is 17.7. The van der Waals surface area contributed by atoms with Crippen molar-refractivity contribution >= 4 is 19.8 Å². The van der Waals surface area contributed by atoms with Crippen molar-refractivity contribution in [3.05, 3.63) is 66.0 Å². The molecule has 6 atom stereocenters. The van der Waals surface area contributed by atoms with E-state index < -0.39 is 56.9 Å². The predicted octanol–water partition coefficient (Wildman–Crippen LogP) is -3.64. The first-order chi connectivity index (χ1) is 15.9. The second-order valence-corrected chi connectivity index (χ2v) is 8.56. The van der Waals surface area contributed by atoms with Gasteiger partial charge < -0.3 is 50.0 Å². The fraction of sp³-hybridized carbons (Fsp3) is 0.350. The van der Waals surface area contributed by atoms with E-state index in [0.717, 1.165) is 11.8 Å². The molecule has 0 aliphatic carbocycles. The molecule has 1 aromatic heterocycles. The molecule has 34 heavy (non-hydrogen) atoms. The number of hydrogen-bond donors (Lipinski definition) is 5. The molecular formula is C20H25N2O11P. The lowest BCUT2D eigenvalue weighted by molar-refractivity contribution is -0.765. The molecule has 0 radical (unpaired) electrons. The predicted molar refractivity (Wildman–Crippen MR) is 107 cm³/mol. The van der Waals surface area contributed by atoms with E-state index in [0.29, 0.717) is 6.42 Å². The number of carboxylic acid groups (broad SMARTS) is 2. The Kier molecular flexibility index (Phi) is 9.79. The Morgan fingerprint density at radius 2 is 1.82 bits per heavy atom. The van der Waals surface area contributed by atoms with Crippen LogP contribution in [0.1, 0.15) is 22.1 Å². The highest BCUT2D eigenvalue weighted by Gasteiger charge is 2.48. The number of ether oxygens (including phenoxy) is 1. The van der Waals surface area contributed by atoms with Crippen molar-refractivity contribution in [2.75, 3.05) is 6.61 Å². The van der Waals surface area contributed by atoms with Crippen molar-refractivity contribution < 1.29 is 63.9 Å². The van der Waals surface area contributed by atoms with Gasteiger partial charge in [0.15, 0.2) is 24.5 Å². The maximum atomic E-state index is 10.8. The van der Waals surface area contributed by atoms with Crippen molar-refractivity contribution in [2.45, 2.75) is 37.0 Å². The number of hydrogen-bond acceptors (Lipinski definition) is 9. The second kappa shape index (κ2) is 12.1. The summed E-state index contributed by atoms with van der Waals surface area (Å²) in [4.78, 5) is 40.3. The molecule has 1 aromatic carbocycles. The van der Waals surface area contributed by atoms with Crippen molar-refractivity contribution in [1.29, 1.82) is 0 Å². The lowest BCUT2D eigenvalue weighted by Crippen LogP contribution is -2.65. The molecule has 1 aliphatic rings. The number of quaternary nitrogens is 1. The highest BCUT2D eigenvalue weighted by atomic mass is 31.2. The minimum atomic E-state index is -4.99. The first kappa shape index (κ1) is 27.5. The van der Waals surface area contributed by atoms with Crippen LogP contribution in [0, 0.1) is 0 Å². The number of benzene rings is 1. The third kappa shape index (κ3) is 8.24. The van der Waals surface area contributed by atoms with Gasteiger partial charge in [0.25, 0.3) is 14.1 Å². The Bertz CT molecular complexity index is 1020. The SMILES string of the molecule is O=C([O-])c1ccc[n+]([C@@H]2O[C@H](COP(=O)([O-])O)[C@@H](O)[C@H]2O)c1.[NH3+][C@@H](Cc1ccccc1)C(=O)O. The average Bonchev–Trinajstić information content (AvgIpc) is 3.07. The third-order valence-electron chi connectivity index (χ3n) is 4.77. The third-order valence-corrected chi connectivity index (χ3v) is 5.24. The highest BCUT2D eigenvalue weighted by molar-refractivity contribution is 7.44. The molecule has 0 amide bonds. The van der Waals surface area contributed by atoms with E-state index in [1.54, 1.807) is 0 Å². The highest BCUT2D eigenvalue weighted by Crippen LogP contribution is 2.33. The fourth-order valence-electron chi connectivity index (χ4n) is 3.04. The summed E-state index contributed by atoms with van der Waals surface area (Å²) < 4.78 is 21.1. The molecule has 1 unspecified atom stereocenters. The van der Waals surface area contributed by atoms with E-state index in [4.69, 9.17) is 14.7 Å². The molecule has 0 spiro atoms. The molecule has 1 fully saturated rings. The summed E-state index contributed by atoms with van der Waals surface area (Å²) in [5.74, 6) is -2.28. The lowest BCUT2D eigenvalue weighted by atomic mass is 10.1. The van der Waals surface area contributed by atoms with Crippen molar-refractivity contribution in [1.82, 2.24) is 0 Å². The molecule has 0 bridgehead atoms. The summed E-state index contributed by atoms with van der Waals surface area (Å²) in [6.07, 6.45) is -2.32. The van der Waals surface area contributed by atoms with Gasteiger partial charge in [0.2, 0.25) is 0 Å². The van der Waals surface area contributed by atoms with Crippen LogP contribution in [-0.4, -0.2) is 63.1 Å². The first-order valence-electron chi connectivity index (χ1n) is 9.91. The van der Waals surface area contributed by atoms with Crippen LogP contribution in [-0.2, 0) is 25.0 Å². The fourth-order valence-corrected chi connectivity index (χ4v) is 3.37. The topological polar surface area (TPSA) is 228 Å². The van der Waals surface area contributed by atoms with Gasteiger partial charge in [-0.2, -0.15) is 4.57 Å². The zero-order valence-corrected chi connectivity index (χ0v) is 18.6. The number of aromatic carboxylic acids is 1. The number of carbonyl (C=O) groups excluding carboxylic acids is 1. The van der Waals surface area contributed by atoms with Crippen LogP contribution in [0.15, 0.2) is 54.9 Å². The number of aliphatic hydroxyl groups is 2. The lowest BCUT2D eigenvalue weighted by Gasteiger charge is -2.19. The summed E-state index contributed by atoms with van der Waals surface area (Å²) in [6.45, 7) is -0.702. The molecule has 7 N–H and O–H groups in total. The van der Waals surface area contributed by atoms with E-state index in [-0.39, 0.29) is 5.56 Å². The van der Waals surface area contributed by atoms with Crippen LogP contribution in [0.5, 0.6) is 0 Å². The summed E-state index contributed by atoms with van der Waals surface area (Å²) >= 11 is 0. The van der Waals surface area contributed by atoms with Gasteiger partial charge in [0.1, 0.15) is 12.2 Å². The number of phosphoric ester groups is 1. The number of aliphatic carboxylic acids is 1. The molecule has 3 rings (SSSR count). The number of pyridine rings is 1. The Morgan fingerprint density at radius 3 is 2.38 bits per heavy atom. The molecule has 14 heteroatoms. The van der Waals surface area contributed by atoms with Gasteiger partial charge in [0, 0.05) is 12.5 Å². The van der Waals surface area contributed by atoms with E-state index in [1.807, 2.05) is 30.3 Å². The Labute approximate surface area is 193 Å². The summed E-state index contributed by atoms with van der Waals surface area (Å²) in [5, 5.41) is 39.1. The maximum absolute atomic E-state index is 10.8. The van der Waals surface area contributed by atoms with Crippen LogP contribution in [0.2, 0.25) is 0 Å². The van der Waals surface area contributed by atoms with Gasteiger partial charge in [-0.3, -0.25) is 4.57 Å². The number of rotatable bonds is 8. The summed E-state index contributed by atoms with van der Waals surface area (Å²) in [6, 6.07) is 11.6. The molecule has 2 aromatic rings. The number of carbonyl (C=O) groups is 2. The summed E-state index contributed by atoms with van der Waals surface area (Å²) in [5.41, 5.74) is 4.37. The Morgan fingerprint density at radius 1 is 1.18 bits per heavy atom. The minimum Gasteiger partial charge on any atom is -0.756 e. The summed E-state index contributed by atoms with van der Waals surface area (Å²) in [7, 11) is -4.99. The molecule has 1 saturated heterocycles. The van der Waals surface area contributed by atoms with Gasteiger partial charge in [-0.05, 0) is 11.6 Å². The van der Waals surface area contributed by atoms with E-state index >= 15 is 0 Å². The number of aromatic nitrogens is 1. The largest absolute Gasteiger partial charge is 0.756 e. The average molecular weight is 500 g/mol. The zero-order chi connectivity index (χ0) is 25.5. The van der Waals surface area contributed by atoms with E-state index in [9.17, 15) is 34.4 Å². The number of carboxylic acids is 2. The monoisotopic (exact) mass is 500 g/mol. The van der Waals surface area contributed by atoms with E-state index in [1.165, 1.54) is 22.9 Å². The smallest absolute Gasteiger partial charge is 0.362 e. The van der Waals surface area contributed by atoms with Gasteiger partial charge >= 0.3 is 5.97 Å². The Balaban J connectivity index is 0.000000287. The standard InChI is InChI=1S/C11H14NO9P.C9H11NO2/c13-8-7(5-20-22(17,18)19)21-10(9(8)14)12-3-1-2-6(4-12)11(15)16;10-8(9(11)12)6-7-4-2-1-3-5-7/h1-4,7-10,13-14H,5H2,(H2-,15,16,17,18,19);1-5,8H,6,10H2,(H,11,12)/t7-,8-,9-,10-;8-/m10/s1. The van der Waals surface area contributed by atoms with Crippen LogP contribution >= 0.6 is 7.82 Å². The molecule has 1 aliphatic heterocycles. The maximum Gasteiger partial charge on any atom is 0.362 e. The van der Waals surface area contributed by atoms with Gasteiger partial charge in [0.05, 0.1) is 18.1 Å². The van der Waals surface area contributed by atoms with E-state index in [2.05, 4.69) is 10.3 Å². The Hall–Kier alpha value is -2.74. The van der Waals surface area contributed by atoms with Gasteiger partial charge in [-0.1, -0.05) is 30.3 Å². The van der Waals surface area contributed by atoms with Crippen LogP contribution in [0.3, 0.4) is 0 Å². The molecular weight excluding hydrogens is 475 g/mol. The van der Waals surface area contributed by atoms with Crippen molar-refractivity contribution in [3.63, 3.8) is 0 Å². The normalized spacial score (nSPS) is 24.4. The first-order valence-corrected chi connectivity index (χ1v) is 11.4. The molecule has 186 valence electrons. The second-order valence-electron chi connectivity index (χ2n) is 7.36. The van der Waals surface area contributed by atoms with Crippen LogP contribution in [0.25, 0.3) is 0 Å². The molecule has 13 nitrogen and oxygen atoms in total. The quantitative estimate of drug-likeness (QED) is 0.175. The number of phosphoric acid groups is 1. The van der Waals surface area contributed by atoms with Crippen molar-refractivity contribution in [2.24, 2.45) is 0 Å². The molecule has 2 heterocycles. The minimum absolute atomic E-state index is 0.174. The molecule has 0 saturated carbocycles. The number of aliphatic hydroxyl groups excluding tert-OH is 2. The number of nitrogens with zero attached hydrogens (tertiary/aromatic N) is 1. The van der Waals surface area contributed by atoms with Gasteiger partial charge in [-0.15, -0.1) is 0 Å².